The summed E-state index contributed by atoms with van der Waals surface area (Å²) in [5, 5.41) is 0. The van der Waals surface area contributed by atoms with Crippen LogP contribution in [-0.4, -0.2) is 43.2 Å². The summed E-state index contributed by atoms with van der Waals surface area (Å²) < 4.78 is 11.3. The maximum atomic E-state index is 12.8. The van der Waals surface area contributed by atoms with E-state index in [1.807, 2.05) is 36.9 Å². The van der Waals surface area contributed by atoms with Gasteiger partial charge in [-0.15, -0.1) is 0 Å². The normalized spacial score (nSPS) is 24.8. The number of amides is 1. The Morgan fingerprint density at radius 3 is 3.05 bits per heavy atom. The van der Waals surface area contributed by atoms with Gasteiger partial charge in [-0.05, 0) is 50.3 Å². The van der Waals surface area contributed by atoms with Crippen molar-refractivity contribution in [3.63, 3.8) is 0 Å². The van der Waals surface area contributed by atoms with Crippen molar-refractivity contribution in [2.45, 2.75) is 32.7 Å². The van der Waals surface area contributed by atoms with Crippen molar-refractivity contribution in [2.24, 2.45) is 5.92 Å². The monoisotopic (exact) mass is 289 g/mol. The van der Waals surface area contributed by atoms with Gasteiger partial charge in [0.05, 0.1) is 25.9 Å². The molecule has 1 amide bonds. The largest absolute Gasteiger partial charge is 0.494 e. The predicted octanol–water partition coefficient (Wildman–Crippen LogP) is 2.64. The first-order valence-electron chi connectivity index (χ1n) is 7.81. The van der Waals surface area contributed by atoms with Gasteiger partial charge in [0, 0.05) is 12.1 Å². The number of benzene rings is 1. The summed E-state index contributed by atoms with van der Waals surface area (Å²) >= 11 is 0. The van der Waals surface area contributed by atoms with Crippen LogP contribution in [-0.2, 0) is 4.74 Å². The lowest BCUT2D eigenvalue weighted by Crippen LogP contribution is -2.46. The zero-order valence-corrected chi connectivity index (χ0v) is 12.8. The highest BCUT2D eigenvalue weighted by molar-refractivity contribution is 5.95. The third-order valence-corrected chi connectivity index (χ3v) is 4.46. The number of hydrogen-bond acceptors (Lipinski definition) is 3. The van der Waals surface area contributed by atoms with Crippen LogP contribution in [0.1, 0.15) is 35.7 Å². The second-order valence-corrected chi connectivity index (χ2v) is 6.01. The predicted molar refractivity (Wildman–Crippen MR) is 80.7 cm³/mol. The first kappa shape index (κ1) is 14.4. The molecule has 4 rings (SSSR count). The fourth-order valence-electron chi connectivity index (χ4n) is 3.24. The summed E-state index contributed by atoms with van der Waals surface area (Å²) in [5.74, 6) is 1.40. The van der Waals surface area contributed by atoms with E-state index in [9.17, 15) is 4.79 Å². The van der Waals surface area contributed by atoms with Crippen LogP contribution in [0.15, 0.2) is 18.2 Å². The number of rotatable bonds is 3. The molecule has 0 radical (unpaired) electrons. The highest BCUT2D eigenvalue weighted by Crippen LogP contribution is 2.29. The molecule has 3 heterocycles. The van der Waals surface area contributed by atoms with Crippen LogP contribution in [0.4, 0.5) is 0 Å². The van der Waals surface area contributed by atoms with Gasteiger partial charge in [0.15, 0.2) is 0 Å². The quantitative estimate of drug-likeness (QED) is 0.858. The van der Waals surface area contributed by atoms with E-state index in [2.05, 4.69) is 0 Å². The molecule has 2 bridgehead atoms. The van der Waals surface area contributed by atoms with Crippen LogP contribution in [0.3, 0.4) is 0 Å². The van der Waals surface area contributed by atoms with Crippen molar-refractivity contribution in [3.05, 3.63) is 29.3 Å². The Hall–Kier alpha value is -1.55. The molecule has 0 saturated carbocycles. The molecule has 4 nitrogen and oxygen atoms in total. The molecule has 0 spiro atoms. The molecule has 3 aliphatic heterocycles. The van der Waals surface area contributed by atoms with Gasteiger partial charge in [-0.2, -0.15) is 0 Å². The molecule has 3 aliphatic rings. The molecule has 0 aliphatic carbocycles. The number of fused-ring (bicyclic) bond motifs is 4. The van der Waals surface area contributed by atoms with Gasteiger partial charge in [0.2, 0.25) is 0 Å². The van der Waals surface area contributed by atoms with E-state index in [-0.39, 0.29) is 11.9 Å². The first-order valence-corrected chi connectivity index (χ1v) is 7.81. The highest BCUT2D eigenvalue weighted by atomic mass is 16.5. The molecular formula is C17H23NO3. The summed E-state index contributed by atoms with van der Waals surface area (Å²) in [7, 11) is 0. The van der Waals surface area contributed by atoms with E-state index in [4.69, 9.17) is 9.47 Å². The summed E-state index contributed by atoms with van der Waals surface area (Å²) in [6, 6.07) is 5.97. The highest BCUT2D eigenvalue weighted by Gasteiger charge is 2.35. The van der Waals surface area contributed by atoms with E-state index in [1.165, 1.54) is 6.42 Å². The second-order valence-electron chi connectivity index (χ2n) is 6.01. The van der Waals surface area contributed by atoms with Crippen LogP contribution < -0.4 is 4.74 Å². The lowest BCUT2D eigenvalue weighted by molar-refractivity contribution is 0.0559. The third-order valence-electron chi connectivity index (χ3n) is 4.46. The Morgan fingerprint density at radius 2 is 2.24 bits per heavy atom. The van der Waals surface area contributed by atoms with Crippen molar-refractivity contribution < 1.29 is 14.3 Å². The van der Waals surface area contributed by atoms with Crippen molar-refractivity contribution >= 4 is 5.91 Å². The van der Waals surface area contributed by atoms with Gasteiger partial charge >= 0.3 is 0 Å². The van der Waals surface area contributed by atoms with Gasteiger partial charge in [-0.1, -0.05) is 6.07 Å². The molecule has 1 aromatic rings. The molecule has 1 aromatic carbocycles. The van der Waals surface area contributed by atoms with Crippen LogP contribution in [0, 0.1) is 12.8 Å². The number of carbonyl (C=O) groups is 1. The second kappa shape index (κ2) is 6.06. The molecule has 21 heavy (non-hydrogen) atoms. The van der Waals surface area contributed by atoms with E-state index < -0.39 is 0 Å². The van der Waals surface area contributed by atoms with Crippen molar-refractivity contribution in [2.75, 3.05) is 26.4 Å². The van der Waals surface area contributed by atoms with E-state index in [0.717, 1.165) is 36.4 Å². The number of carbonyl (C=O) groups excluding carboxylic acids is 1. The molecule has 4 heteroatoms. The molecule has 2 unspecified atom stereocenters. The molecule has 0 N–H and O–H groups in total. The van der Waals surface area contributed by atoms with E-state index in [1.54, 1.807) is 0 Å². The van der Waals surface area contributed by atoms with E-state index in [0.29, 0.717) is 19.1 Å². The number of piperidine rings is 1. The van der Waals surface area contributed by atoms with Crippen molar-refractivity contribution in [3.8, 4) is 5.75 Å². The smallest absolute Gasteiger partial charge is 0.254 e. The van der Waals surface area contributed by atoms with Crippen molar-refractivity contribution in [1.82, 2.24) is 4.90 Å². The van der Waals surface area contributed by atoms with Crippen molar-refractivity contribution in [1.29, 1.82) is 0 Å². The number of hydrogen-bond donors (Lipinski definition) is 0. The number of aryl methyl sites for hydroxylation is 1. The SMILES string of the molecule is CCOc1cc(C(=O)N2CC3CCC2COC3)ccc1C. The standard InChI is InChI=1S/C17H23NO3/c1-3-21-16-8-14(6-4-12(16)2)17(19)18-9-13-5-7-15(18)11-20-10-13/h4,6,8,13,15H,3,5,7,9-11H2,1-2H3. The Balaban J connectivity index is 1.83. The third kappa shape index (κ3) is 2.91. The Bertz CT molecular complexity index is 525. The summed E-state index contributed by atoms with van der Waals surface area (Å²) in [6.07, 6.45) is 2.23. The van der Waals surface area contributed by atoms with Crippen LogP contribution in [0.2, 0.25) is 0 Å². The molecular weight excluding hydrogens is 266 g/mol. The van der Waals surface area contributed by atoms with Gasteiger partial charge in [-0.3, -0.25) is 4.79 Å². The maximum absolute atomic E-state index is 12.8. The fourth-order valence-corrected chi connectivity index (χ4v) is 3.24. The average Bonchev–Trinajstić information content (AvgIpc) is 2.84. The Morgan fingerprint density at radius 1 is 1.38 bits per heavy atom. The van der Waals surface area contributed by atoms with Gasteiger partial charge in [-0.25, -0.2) is 0 Å². The first-order chi connectivity index (χ1) is 10.2. The Kier molecular flexibility index (Phi) is 4.15. The molecule has 2 atom stereocenters. The van der Waals surface area contributed by atoms with Gasteiger partial charge in [0.25, 0.3) is 5.91 Å². The molecule has 0 aromatic heterocycles. The summed E-state index contributed by atoms with van der Waals surface area (Å²) in [5.41, 5.74) is 1.78. The van der Waals surface area contributed by atoms with Crippen LogP contribution >= 0.6 is 0 Å². The van der Waals surface area contributed by atoms with Gasteiger partial charge in [0.1, 0.15) is 5.75 Å². The minimum absolute atomic E-state index is 0.108. The zero-order valence-electron chi connectivity index (χ0n) is 12.8. The lowest BCUT2D eigenvalue weighted by atomic mass is 9.94. The summed E-state index contributed by atoms with van der Waals surface area (Å²) in [6.45, 7) is 6.85. The topological polar surface area (TPSA) is 38.8 Å². The molecule has 3 fully saturated rings. The van der Waals surface area contributed by atoms with Crippen LogP contribution in [0.5, 0.6) is 5.75 Å². The lowest BCUT2D eigenvalue weighted by Gasteiger charge is -2.35. The Labute approximate surface area is 126 Å². The number of ether oxygens (including phenoxy) is 2. The minimum Gasteiger partial charge on any atom is -0.494 e. The van der Waals surface area contributed by atoms with E-state index >= 15 is 0 Å². The van der Waals surface area contributed by atoms with Crippen LogP contribution in [0.25, 0.3) is 0 Å². The minimum atomic E-state index is 0.108. The maximum Gasteiger partial charge on any atom is 0.254 e. The fraction of sp³-hybridized carbons (Fsp3) is 0.588. The van der Waals surface area contributed by atoms with Gasteiger partial charge < -0.3 is 14.4 Å². The molecule has 3 saturated heterocycles. The molecule has 114 valence electrons. The zero-order chi connectivity index (χ0) is 14.8. The number of nitrogens with zero attached hydrogens (tertiary/aromatic N) is 1. The summed E-state index contributed by atoms with van der Waals surface area (Å²) in [4.78, 5) is 14.8. The average molecular weight is 289 g/mol.